The van der Waals surface area contributed by atoms with Gasteiger partial charge in [0.25, 0.3) is 5.91 Å². The van der Waals surface area contributed by atoms with Gasteiger partial charge in [-0.25, -0.2) is 4.98 Å². The molecule has 6 heteroatoms. The minimum atomic E-state index is -0.106. The monoisotopic (exact) mass is 252 g/mol. The number of hydrogen-bond donors (Lipinski definition) is 2. The van der Waals surface area contributed by atoms with Crippen LogP contribution in [0.3, 0.4) is 0 Å². The Hall–Kier alpha value is -1.43. The number of aromatic amines is 1. The molecule has 1 amide bonds. The summed E-state index contributed by atoms with van der Waals surface area (Å²) >= 11 is 0. The molecule has 1 fully saturated rings. The smallest absolute Gasteiger partial charge is 0.293 e. The van der Waals surface area contributed by atoms with Crippen molar-refractivity contribution in [3.05, 3.63) is 11.6 Å². The van der Waals surface area contributed by atoms with Crippen LogP contribution in [0.1, 0.15) is 42.6 Å². The minimum Gasteiger partial charge on any atom is -0.396 e. The maximum atomic E-state index is 12.1. The molecule has 0 radical (unpaired) electrons. The lowest BCUT2D eigenvalue weighted by Gasteiger charge is -2.30. The third-order valence-corrected chi connectivity index (χ3v) is 3.37. The zero-order chi connectivity index (χ0) is 13.0. The van der Waals surface area contributed by atoms with Gasteiger partial charge in [-0.15, -0.1) is 5.10 Å². The Bertz CT molecular complexity index is 397. The first kappa shape index (κ1) is 13.0. The summed E-state index contributed by atoms with van der Waals surface area (Å²) in [5.41, 5.74) is 0. The van der Waals surface area contributed by atoms with Gasteiger partial charge in [-0.1, -0.05) is 6.92 Å². The molecule has 1 aromatic heterocycles. The molecule has 100 valence electrons. The van der Waals surface area contributed by atoms with E-state index < -0.39 is 0 Å². The Morgan fingerprint density at radius 2 is 2.22 bits per heavy atom. The van der Waals surface area contributed by atoms with Crippen LogP contribution >= 0.6 is 0 Å². The Kier molecular flexibility index (Phi) is 4.30. The molecule has 0 spiro atoms. The molecule has 18 heavy (non-hydrogen) atoms. The van der Waals surface area contributed by atoms with Crippen molar-refractivity contribution in [2.24, 2.45) is 5.92 Å². The molecule has 2 N–H and O–H groups in total. The highest BCUT2D eigenvalue weighted by Crippen LogP contribution is 2.17. The van der Waals surface area contributed by atoms with Gasteiger partial charge in [-0.05, 0) is 25.2 Å². The van der Waals surface area contributed by atoms with E-state index in [2.05, 4.69) is 22.1 Å². The summed E-state index contributed by atoms with van der Waals surface area (Å²) in [4.78, 5) is 18.1. The molecule has 6 nitrogen and oxygen atoms in total. The fraction of sp³-hybridized carbons (Fsp3) is 0.750. The summed E-state index contributed by atoms with van der Waals surface area (Å²) < 4.78 is 0. The van der Waals surface area contributed by atoms with Crippen LogP contribution < -0.4 is 0 Å². The summed E-state index contributed by atoms with van der Waals surface area (Å²) in [6, 6.07) is 0. The third kappa shape index (κ3) is 2.87. The first-order valence-electron chi connectivity index (χ1n) is 6.56. The van der Waals surface area contributed by atoms with Gasteiger partial charge in [-0.2, -0.15) is 0 Å². The van der Waals surface area contributed by atoms with Crippen molar-refractivity contribution >= 4 is 5.91 Å². The average Bonchev–Trinajstić information content (AvgIpc) is 2.87. The zero-order valence-electron chi connectivity index (χ0n) is 10.7. The molecule has 0 aliphatic carbocycles. The average molecular weight is 252 g/mol. The van der Waals surface area contributed by atoms with Gasteiger partial charge in [-0.3, -0.25) is 9.89 Å². The predicted molar refractivity (Wildman–Crippen MR) is 66.1 cm³/mol. The molecular formula is C12H20N4O2. The highest BCUT2D eigenvalue weighted by molar-refractivity contribution is 5.90. The van der Waals surface area contributed by atoms with Crippen LogP contribution in [0.2, 0.25) is 0 Å². The normalized spacial score (nSPS) is 17.1. The SMILES string of the molecule is CCCc1nc(C(=O)N2CCC(CO)CC2)n[nH]1. The highest BCUT2D eigenvalue weighted by Gasteiger charge is 2.25. The molecule has 0 unspecified atom stereocenters. The number of aliphatic hydroxyl groups is 1. The third-order valence-electron chi connectivity index (χ3n) is 3.37. The van der Waals surface area contributed by atoms with Crippen molar-refractivity contribution in [1.82, 2.24) is 20.1 Å². The van der Waals surface area contributed by atoms with E-state index in [4.69, 9.17) is 5.11 Å². The number of H-pyrrole nitrogens is 1. The quantitative estimate of drug-likeness (QED) is 0.822. The minimum absolute atomic E-state index is 0.106. The van der Waals surface area contributed by atoms with Crippen LogP contribution in [-0.4, -0.2) is 50.8 Å². The van der Waals surface area contributed by atoms with Gasteiger partial charge in [0.2, 0.25) is 5.82 Å². The number of piperidine rings is 1. The van der Waals surface area contributed by atoms with E-state index in [0.29, 0.717) is 19.0 Å². The van der Waals surface area contributed by atoms with Gasteiger partial charge in [0.1, 0.15) is 5.82 Å². The van der Waals surface area contributed by atoms with Crippen molar-refractivity contribution in [2.45, 2.75) is 32.6 Å². The number of amides is 1. The fourth-order valence-electron chi connectivity index (χ4n) is 2.20. The van der Waals surface area contributed by atoms with Crippen LogP contribution in [0.25, 0.3) is 0 Å². The van der Waals surface area contributed by atoms with Crippen molar-refractivity contribution in [1.29, 1.82) is 0 Å². The first-order chi connectivity index (χ1) is 8.74. The standard InChI is InChI=1S/C12H20N4O2/c1-2-3-10-13-11(15-14-10)12(18)16-6-4-9(8-17)5-7-16/h9,17H,2-8H2,1H3,(H,13,14,15). The summed E-state index contributed by atoms with van der Waals surface area (Å²) in [7, 11) is 0. The number of likely N-dealkylation sites (tertiary alicyclic amines) is 1. The van der Waals surface area contributed by atoms with Crippen molar-refractivity contribution in [3.8, 4) is 0 Å². The first-order valence-corrected chi connectivity index (χ1v) is 6.56. The number of carbonyl (C=O) groups is 1. The van der Waals surface area contributed by atoms with Crippen molar-refractivity contribution in [3.63, 3.8) is 0 Å². The Morgan fingerprint density at radius 3 is 2.83 bits per heavy atom. The summed E-state index contributed by atoms with van der Waals surface area (Å²) in [6.07, 6.45) is 3.50. The number of aryl methyl sites for hydroxylation is 1. The second kappa shape index (κ2) is 5.95. The molecule has 2 rings (SSSR count). The molecule has 2 heterocycles. The van der Waals surface area contributed by atoms with Crippen molar-refractivity contribution in [2.75, 3.05) is 19.7 Å². The van der Waals surface area contributed by atoms with Crippen LogP contribution in [-0.2, 0) is 6.42 Å². The maximum Gasteiger partial charge on any atom is 0.293 e. The summed E-state index contributed by atoms with van der Waals surface area (Å²) in [6.45, 7) is 3.64. The number of aromatic nitrogens is 3. The fourth-order valence-corrected chi connectivity index (χ4v) is 2.20. The molecule has 0 aromatic carbocycles. The largest absolute Gasteiger partial charge is 0.396 e. The zero-order valence-corrected chi connectivity index (χ0v) is 10.7. The summed E-state index contributed by atoms with van der Waals surface area (Å²) in [5, 5.41) is 15.8. The van der Waals surface area contributed by atoms with E-state index in [0.717, 1.165) is 31.5 Å². The van der Waals surface area contributed by atoms with E-state index in [1.165, 1.54) is 0 Å². The number of rotatable bonds is 4. The van der Waals surface area contributed by atoms with E-state index in [-0.39, 0.29) is 18.3 Å². The second-order valence-electron chi connectivity index (χ2n) is 4.77. The topological polar surface area (TPSA) is 82.1 Å². The molecular weight excluding hydrogens is 232 g/mol. The van der Waals surface area contributed by atoms with Gasteiger partial charge in [0.05, 0.1) is 0 Å². The molecule has 0 saturated carbocycles. The van der Waals surface area contributed by atoms with Crippen LogP contribution in [0.5, 0.6) is 0 Å². The molecule has 1 saturated heterocycles. The maximum absolute atomic E-state index is 12.1. The van der Waals surface area contributed by atoms with Crippen LogP contribution in [0.4, 0.5) is 0 Å². The van der Waals surface area contributed by atoms with Crippen LogP contribution in [0.15, 0.2) is 0 Å². The molecule has 1 aromatic rings. The van der Waals surface area contributed by atoms with E-state index in [1.54, 1.807) is 4.90 Å². The predicted octanol–water partition coefficient (Wildman–Crippen LogP) is 0.602. The van der Waals surface area contributed by atoms with Crippen molar-refractivity contribution < 1.29 is 9.90 Å². The van der Waals surface area contributed by atoms with E-state index in [1.807, 2.05) is 0 Å². The molecule has 1 aliphatic rings. The molecule has 0 bridgehead atoms. The van der Waals surface area contributed by atoms with Gasteiger partial charge >= 0.3 is 0 Å². The Balaban J connectivity index is 1.94. The molecule has 0 atom stereocenters. The number of hydrogen-bond acceptors (Lipinski definition) is 4. The number of nitrogens with one attached hydrogen (secondary N) is 1. The molecule has 1 aliphatic heterocycles. The van der Waals surface area contributed by atoms with E-state index in [9.17, 15) is 4.79 Å². The Labute approximate surface area is 106 Å². The number of aliphatic hydroxyl groups excluding tert-OH is 1. The highest BCUT2D eigenvalue weighted by atomic mass is 16.3. The lowest BCUT2D eigenvalue weighted by molar-refractivity contribution is 0.0639. The van der Waals surface area contributed by atoms with E-state index >= 15 is 0 Å². The second-order valence-corrected chi connectivity index (χ2v) is 4.77. The Morgan fingerprint density at radius 1 is 1.50 bits per heavy atom. The van der Waals surface area contributed by atoms with Crippen LogP contribution in [0, 0.1) is 5.92 Å². The number of nitrogens with zero attached hydrogens (tertiary/aromatic N) is 3. The number of carbonyl (C=O) groups excluding carboxylic acids is 1. The lowest BCUT2D eigenvalue weighted by atomic mass is 9.98. The summed E-state index contributed by atoms with van der Waals surface area (Å²) in [5.74, 6) is 1.26. The lowest BCUT2D eigenvalue weighted by Crippen LogP contribution is -2.39. The van der Waals surface area contributed by atoms with Gasteiger partial charge < -0.3 is 10.0 Å². The van der Waals surface area contributed by atoms with Gasteiger partial charge in [0.15, 0.2) is 0 Å². The van der Waals surface area contributed by atoms with Gasteiger partial charge in [0, 0.05) is 26.1 Å².